The molecule has 2 heteroatoms. The second kappa shape index (κ2) is 12.6. The van der Waals surface area contributed by atoms with Gasteiger partial charge < -0.3 is 0 Å². The average Bonchev–Trinajstić information content (AvgIpc) is 2.25. The molecule has 0 aromatic carbocycles. The van der Waals surface area contributed by atoms with Crippen LogP contribution in [0.3, 0.4) is 0 Å². The van der Waals surface area contributed by atoms with Gasteiger partial charge in [0.25, 0.3) is 0 Å². The van der Waals surface area contributed by atoms with Crippen molar-refractivity contribution in [1.82, 2.24) is 5.48 Å². The first-order chi connectivity index (χ1) is 7.77. The second-order valence-corrected chi connectivity index (χ2v) is 4.56. The van der Waals surface area contributed by atoms with Crippen LogP contribution in [0.1, 0.15) is 71.6 Å². The van der Waals surface area contributed by atoms with Gasteiger partial charge in [-0.15, -0.1) is 0 Å². The van der Waals surface area contributed by atoms with E-state index in [-0.39, 0.29) is 0 Å². The highest BCUT2D eigenvalue weighted by Crippen LogP contribution is 2.09. The summed E-state index contributed by atoms with van der Waals surface area (Å²) in [6.45, 7) is 8.66. The maximum Gasteiger partial charge on any atom is 0.0745 e. The summed E-state index contributed by atoms with van der Waals surface area (Å²) in [4.78, 5) is 5.21. The summed E-state index contributed by atoms with van der Waals surface area (Å²) in [5.41, 5.74) is 3.65. The van der Waals surface area contributed by atoms with Gasteiger partial charge >= 0.3 is 0 Å². The lowest BCUT2D eigenvalue weighted by atomic mass is 10.1. The molecule has 0 aromatic rings. The summed E-state index contributed by atoms with van der Waals surface area (Å²) in [5.74, 6) is 0. The fraction of sp³-hybridized carbons (Fsp3) is 0.857. The molecule has 0 fully saturated rings. The monoisotopic (exact) mass is 227 g/mol. The first kappa shape index (κ1) is 15.5. The van der Waals surface area contributed by atoms with Gasteiger partial charge in [-0.3, -0.25) is 10.3 Å². The third-order valence-corrected chi connectivity index (χ3v) is 2.60. The minimum Gasteiger partial charge on any atom is -0.276 e. The number of unbranched alkanes of at least 4 members (excludes halogenated alkanes) is 8. The lowest BCUT2D eigenvalue weighted by molar-refractivity contribution is 0.0601. The number of allylic oxidation sites excluding steroid dienone is 1. The fourth-order valence-electron chi connectivity index (χ4n) is 1.66. The third kappa shape index (κ3) is 13.5. The number of hydrogen-bond acceptors (Lipinski definition) is 2. The molecule has 0 unspecified atom stereocenters. The summed E-state index contributed by atoms with van der Waals surface area (Å²) in [7, 11) is 0. The number of nitrogens with one attached hydrogen (secondary N) is 1. The van der Waals surface area contributed by atoms with Crippen LogP contribution in [0.4, 0.5) is 0 Å². The van der Waals surface area contributed by atoms with Crippen LogP contribution in [0.25, 0.3) is 0 Å². The highest BCUT2D eigenvalue weighted by molar-refractivity contribution is 4.79. The molecule has 1 N–H and O–H groups in total. The molecule has 0 saturated heterocycles. The Morgan fingerprint density at radius 1 is 0.938 bits per heavy atom. The Labute approximate surface area is 101 Å². The van der Waals surface area contributed by atoms with Gasteiger partial charge in [0.1, 0.15) is 0 Å². The zero-order valence-corrected chi connectivity index (χ0v) is 11.2. The largest absolute Gasteiger partial charge is 0.276 e. The molecular weight excluding hydrogens is 198 g/mol. The molecular formula is C14H29NO. The minimum atomic E-state index is 0.794. The number of rotatable bonds is 12. The second-order valence-electron chi connectivity index (χ2n) is 4.56. The summed E-state index contributed by atoms with van der Waals surface area (Å²) < 4.78 is 0. The molecule has 0 aliphatic carbocycles. The van der Waals surface area contributed by atoms with Gasteiger partial charge in [0.2, 0.25) is 0 Å². The van der Waals surface area contributed by atoms with Crippen molar-refractivity contribution in [3.8, 4) is 0 Å². The minimum absolute atomic E-state index is 0.794. The van der Waals surface area contributed by atoms with Crippen LogP contribution >= 0.6 is 0 Å². The molecule has 96 valence electrons. The van der Waals surface area contributed by atoms with E-state index in [1.54, 1.807) is 0 Å². The first-order valence-electron chi connectivity index (χ1n) is 6.80. The van der Waals surface area contributed by atoms with Crippen LogP contribution in [0.5, 0.6) is 0 Å². The Morgan fingerprint density at radius 2 is 1.44 bits per heavy atom. The van der Waals surface area contributed by atoms with Crippen LogP contribution in [0.15, 0.2) is 12.3 Å². The van der Waals surface area contributed by atoms with Crippen molar-refractivity contribution >= 4 is 0 Å². The van der Waals surface area contributed by atoms with E-state index in [1.807, 2.05) is 6.92 Å². The van der Waals surface area contributed by atoms with E-state index in [4.69, 9.17) is 4.84 Å². The molecule has 0 aliphatic heterocycles. The molecule has 0 bridgehead atoms. The van der Waals surface area contributed by atoms with Crippen LogP contribution in [-0.4, -0.2) is 6.61 Å². The van der Waals surface area contributed by atoms with Gasteiger partial charge in [-0.05, 0) is 13.3 Å². The lowest BCUT2D eigenvalue weighted by Crippen LogP contribution is -2.11. The van der Waals surface area contributed by atoms with E-state index in [9.17, 15) is 0 Å². The Hall–Kier alpha value is -0.500. The van der Waals surface area contributed by atoms with Crippen molar-refractivity contribution in [3.63, 3.8) is 0 Å². The van der Waals surface area contributed by atoms with Crippen molar-refractivity contribution in [2.45, 2.75) is 71.6 Å². The zero-order valence-electron chi connectivity index (χ0n) is 11.2. The quantitative estimate of drug-likeness (QED) is 0.389. The molecule has 2 nitrogen and oxygen atoms in total. The molecule has 0 spiro atoms. The molecule has 0 amide bonds. The molecule has 0 rings (SSSR count). The Morgan fingerprint density at radius 3 is 1.94 bits per heavy atom. The molecule has 0 atom stereocenters. The SMILES string of the molecule is C=C(C)NOCCCCCCCCCCC. The standard InChI is InChI=1S/C14H29NO/c1-4-5-6-7-8-9-10-11-12-13-16-15-14(2)3/h15H,2,4-13H2,1,3H3. The van der Waals surface area contributed by atoms with Gasteiger partial charge in [0.15, 0.2) is 0 Å². The Balaban J connectivity index is 2.90. The van der Waals surface area contributed by atoms with Crippen molar-refractivity contribution in [2.75, 3.05) is 6.61 Å². The summed E-state index contributed by atoms with van der Waals surface area (Å²) in [5, 5.41) is 0. The first-order valence-corrected chi connectivity index (χ1v) is 6.80. The van der Waals surface area contributed by atoms with E-state index >= 15 is 0 Å². The van der Waals surface area contributed by atoms with Crippen LogP contribution in [0, 0.1) is 0 Å². The van der Waals surface area contributed by atoms with Crippen LogP contribution < -0.4 is 5.48 Å². The predicted octanol–water partition coefficient (Wildman–Crippen LogP) is 4.57. The van der Waals surface area contributed by atoms with E-state index in [0.29, 0.717) is 0 Å². The van der Waals surface area contributed by atoms with Gasteiger partial charge in [0.05, 0.1) is 6.61 Å². The topological polar surface area (TPSA) is 21.3 Å². The maximum atomic E-state index is 5.21. The lowest BCUT2D eigenvalue weighted by Gasteiger charge is -2.05. The van der Waals surface area contributed by atoms with Gasteiger partial charge in [-0.1, -0.05) is 64.9 Å². The summed E-state index contributed by atoms with van der Waals surface area (Å²) in [6.07, 6.45) is 12.2. The molecule has 0 radical (unpaired) electrons. The molecule has 0 saturated carbocycles. The van der Waals surface area contributed by atoms with Gasteiger partial charge in [-0.25, -0.2) is 0 Å². The smallest absolute Gasteiger partial charge is 0.0745 e. The Kier molecular flexibility index (Phi) is 12.2. The van der Waals surface area contributed by atoms with Gasteiger partial charge in [0, 0.05) is 5.70 Å². The molecule has 16 heavy (non-hydrogen) atoms. The van der Waals surface area contributed by atoms with Crippen molar-refractivity contribution in [2.24, 2.45) is 0 Å². The van der Waals surface area contributed by atoms with Gasteiger partial charge in [-0.2, -0.15) is 0 Å². The average molecular weight is 227 g/mol. The highest BCUT2D eigenvalue weighted by atomic mass is 16.6. The van der Waals surface area contributed by atoms with E-state index in [1.165, 1.54) is 51.4 Å². The predicted molar refractivity (Wildman–Crippen MR) is 71.1 cm³/mol. The van der Waals surface area contributed by atoms with Crippen LogP contribution in [0.2, 0.25) is 0 Å². The van der Waals surface area contributed by atoms with Crippen molar-refractivity contribution < 1.29 is 4.84 Å². The molecule has 0 aliphatic rings. The normalized spacial score (nSPS) is 10.4. The molecule has 0 heterocycles. The summed E-state index contributed by atoms with van der Waals surface area (Å²) >= 11 is 0. The summed E-state index contributed by atoms with van der Waals surface area (Å²) in [6, 6.07) is 0. The van der Waals surface area contributed by atoms with Crippen molar-refractivity contribution in [3.05, 3.63) is 12.3 Å². The zero-order chi connectivity index (χ0) is 12.1. The van der Waals surface area contributed by atoms with Crippen LogP contribution in [-0.2, 0) is 4.84 Å². The number of hydrogen-bond donors (Lipinski definition) is 1. The number of hydroxylamine groups is 1. The van der Waals surface area contributed by atoms with E-state index in [0.717, 1.165) is 18.7 Å². The van der Waals surface area contributed by atoms with E-state index < -0.39 is 0 Å². The molecule has 0 aromatic heterocycles. The maximum absolute atomic E-state index is 5.21. The van der Waals surface area contributed by atoms with E-state index in [2.05, 4.69) is 19.0 Å². The Bertz CT molecular complexity index is 157. The third-order valence-electron chi connectivity index (χ3n) is 2.60. The van der Waals surface area contributed by atoms with Crippen molar-refractivity contribution in [1.29, 1.82) is 0 Å². The fourth-order valence-corrected chi connectivity index (χ4v) is 1.66. The highest BCUT2D eigenvalue weighted by Gasteiger charge is 1.92.